The molecule has 88 valence electrons. The first-order valence-corrected chi connectivity index (χ1v) is 6.36. The van der Waals surface area contributed by atoms with Gasteiger partial charge in [0.2, 0.25) is 5.88 Å². The second kappa shape index (κ2) is 4.85. The quantitative estimate of drug-likeness (QED) is 0.938. The second-order valence-corrected chi connectivity index (χ2v) is 5.04. The Kier molecular flexibility index (Phi) is 3.44. The molecule has 6 heteroatoms. The summed E-state index contributed by atoms with van der Waals surface area (Å²) in [6.45, 7) is 1.85. The maximum Gasteiger partial charge on any atom is 0.346 e. The molecular formula is C11H8BrNO3S. The average molecular weight is 314 g/mol. The van der Waals surface area contributed by atoms with Crippen molar-refractivity contribution in [1.29, 1.82) is 0 Å². The van der Waals surface area contributed by atoms with Crippen molar-refractivity contribution in [2.75, 3.05) is 0 Å². The van der Waals surface area contributed by atoms with E-state index in [1.807, 2.05) is 13.0 Å². The number of nitrogens with zero attached hydrogens (tertiary/aromatic N) is 1. The minimum absolute atomic E-state index is 0.244. The Hall–Kier alpha value is -1.40. The van der Waals surface area contributed by atoms with Gasteiger partial charge in [-0.3, -0.25) is 0 Å². The molecule has 0 fully saturated rings. The summed E-state index contributed by atoms with van der Waals surface area (Å²) in [5.74, 6) is -0.0214. The van der Waals surface area contributed by atoms with E-state index in [0.717, 1.165) is 21.5 Å². The Morgan fingerprint density at radius 2 is 2.29 bits per heavy atom. The maximum absolute atomic E-state index is 10.7. The molecule has 0 atom stereocenters. The van der Waals surface area contributed by atoms with Crippen molar-refractivity contribution in [2.45, 2.75) is 6.92 Å². The Labute approximate surface area is 110 Å². The van der Waals surface area contributed by atoms with Crippen LogP contribution >= 0.6 is 27.3 Å². The molecule has 2 aromatic heterocycles. The number of hydrogen-bond acceptors (Lipinski definition) is 4. The average Bonchev–Trinajstić information content (AvgIpc) is 2.72. The molecule has 0 saturated carbocycles. The molecule has 0 radical (unpaired) electrons. The second-order valence-electron chi connectivity index (χ2n) is 3.27. The summed E-state index contributed by atoms with van der Waals surface area (Å²) in [7, 11) is 0. The van der Waals surface area contributed by atoms with Gasteiger partial charge in [0, 0.05) is 22.0 Å². The van der Waals surface area contributed by atoms with E-state index in [0.29, 0.717) is 11.6 Å². The van der Waals surface area contributed by atoms with Crippen molar-refractivity contribution < 1.29 is 14.6 Å². The summed E-state index contributed by atoms with van der Waals surface area (Å²) in [5.41, 5.74) is 0.816. The van der Waals surface area contributed by atoms with Crippen LogP contribution in [0.4, 0.5) is 0 Å². The highest BCUT2D eigenvalue weighted by Gasteiger charge is 2.09. The number of thiophene rings is 1. The van der Waals surface area contributed by atoms with Gasteiger partial charge in [-0.05, 0) is 28.9 Å². The fourth-order valence-electron chi connectivity index (χ4n) is 1.18. The van der Waals surface area contributed by atoms with E-state index >= 15 is 0 Å². The van der Waals surface area contributed by atoms with Crippen molar-refractivity contribution in [3.63, 3.8) is 0 Å². The summed E-state index contributed by atoms with van der Waals surface area (Å²) in [4.78, 5) is 15.2. The largest absolute Gasteiger partial charge is 0.477 e. The predicted octanol–water partition coefficient (Wildman–Crippen LogP) is 3.70. The van der Waals surface area contributed by atoms with E-state index in [4.69, 9.17) is 9.84 Å². The number of hydrogen-bond donors (Lipinski definition) is 1. The maximum atomic E-state index is 10.7. The third kappa shape index (κ3) is 2.83. The number of carboxylic acid groups (broad SMARTS) is 1. The number of carboxylic acids is 1. The highest BCUT2D eigenvalue weighted by atomic mass is 79.9. The van der Waals surface area contributed by atoms with E-state index in [-0.39, 0.29) is 4.88 Å². The first-order valence-electron chi connectivity index (χ1n) is 4.69. The van der Waals surface area contributed by atoms with E-state index < -0.39 is 5.97 Å². The number of halogens is 1. The van der Waals surface area contributed by atoms with E-state index in [1.54, 1.807) is 11.4 Å². The summed E-state index contributed by atoms with van der Waals surface area (Å²) in [6.07, 6.45) is 0. The molecule has 0 aliphatic heterocycles. The molecule has 2 rings (SSSR count). The zero-order chi connectivity index (χ0) is 12.4. The van der Waals surface area contributed by atoms with Gasteiger partial charge in [-0.2, -0.15) is 0 Å². The molecule has 0 saturated heterocycles. The molecule has 2 heterocycles. The topological polar surface area (TPSA) is 59.4 Å². The molecule has 17 heavy (non-hydrogen) atoms. The van der Waals surface area contributed by atoms with Crippen LogP contribution in [0.5, 0.6) is 11.6 Å². The van der Waals surface area contributed by atoms with Crippen LogP contribution in [0.2, 0.25) is 0 Å². The van der Waals surface area contributed by atoms with Gasteiger partial charge in [-0.1, -0.05) is 0 Å². The Balaban J connectivity index is 2.19. The number of aromatic carboxylic acids is 1. The number of aryl methyl sites for hydroxylation is 1. The highest BCUT2D eigenvalue weighted by molar-refractivity contribution is 9.10. The van der Waals surface area contributed by atoms with E-state index in [9.17, 15) is 4.79 Å². The lowest BCUT2D eigenvalue weighted by atomic mass is 10.4. The molecule has 0 aromatic carbocycles. The van der Waals surface area contributed by atoms with Crippen LogP contribution in [0, 0.1) is 6.92 Å². The number of pyridine rings is 1. The van der Waals surface area contributed by atoms with Gasteiger partial charge < -0.3 is 9.84 Å². The Morgan fingerprint density at radius 3 is 2.88 bits per heavy atom. The molecule has 0 amide bonds. The minimum Gasteiger partial charge on any atom is -0.477 e. The van der Waals surface area contributed by atoms with Gasteiger partial charge in [0.25, 0.3) is 0 Å². The predicted molar refractivity (Wildman–Crippen MR) is 68.0 cm³/mol. The molecule has 0 unspecified atom stereocenters. The van der Waals surface area contributed by atoms with Crippen LogP contribution in [-0.4, -0.2) is 16.1 Å². The van der Waals surface area contributed by atoms with Gasteiger partial charge in [-0.25, -0.2) is 9.78 Å². The Morgan fingerprint density at radius 1 is 1.53 bits per heavy atom. The van der Waals surface area contributed by atoms with Crippen molar-refractivity contribution in [2.24, 2.45) is 0 Å². The molecule has 0 aliphatic carbocycles. The lowest BCUT2D eigenvalue weighted by Crippen LogP contribution is -1.91. The van der Waals surface area contributed by atoms with Crippen LogP contribution in [0.25, 0.3) is 0 Å². The van der Waals surface area contributed by atoms with Crippen molar-refractivity contribution in [3.8, 4) is 11.6 Å². The monoisotopic (exact) mass is 313 g/mol. The molecular weight excluding hydrogens is 306 g/mol. The lowest BCUT2D eigenvalue weighted by Gasteiger charge is -2.03. The summed E-state index contributed by atoms with van der Waals surface area (Å²) >= 11 is 4.47. The standard InChI is InChI=1S/C11H8BrNO3S/c1-6-8(12)2-3-10(13-6)16-7-4-9(11(14)15)17-5-7/h2-5H,1H3,(H,14,15). The lowest BCUT2D eigenvalue weighted by molar-refractivity contribution is 0.0702. The minimum atomic E-state index is -0.954. The normalized spacial score (nSPS) is 10.2. The zero-order valence-electron chi connectivity index (χ0n) is 8.81. The first-order chi connectivity index (χ1) is 8.06. The van der Waals surface area contributed by atoms with Crippen molar-refractivity contribution in [1.82, 2.24) is 4.98 Å². The molecule has 1 N–H and O–H groups in total. The van der Waals surface area contributed by atoms with Crippen LogP contribution < -0.4 is 4.74 Å². The number of aromatic nitrogens is 1. The van der Waals surface area contributed by atoms with Crippen LogP contribution in [0.3, 0.4) is 0 Å². The summed E-state index contributed by atoms with van der Waals surface area (Å²) < 4.78 is 6.36. The van der Waals surface area contributed by atoms with E-state index in [1.165, 1.54) is 6.07 Å². The summed E-state index contributed by atoms with van der Waals surface area (Å²) in [5, 5.41) is 10.4. The van der Waals surface area contributed by atoms with Crippen LogP contribution in [0.1, 0.15) is 15.4 Å². The number of ether oxygens (including phenoxy) is 1. The van der Waals surface area contributed by atoms with Gasteiger partial charge in [0.15, 0.2) is 0 Å². The SMILES string of the molecule is Cc1nc(Oc2csc(C(=O)O)c2)ccc1Br. The van der Waals surface area contributed by atoms with Crippen molar-refractivity contribution >= 4 is 33.2 Å². The molecule has 4 nitrogen and oxygen atoms in total. The third-order valence-electron chi connectivity index (χ3n) is 2.00. The smallest absolute Gasteiger partial charge is 0.346 e. The first kappa shape index (κ1) is 12.1. The van der Waals surface area contributed by atoms with Crippen LogP contribution in [-0.2, 0) is 0 Å². The molecule has 0 bridgehead atoms. The number of carbonyl (C=O) groups is 1. The molecule has 0 spiro atoms. The fourth-order valence-corrected chi connectivity index (χ4v) is 2.05. The molecule has 0 aliphatic rings. The van der Waals surface area contributed by atoms with Crippen molar-refractivity contribution in [3.05, 3.63) is 38.6 Å². The van der Waals surface area contributed by atoms with Gasteiger partial charge in [0.05, 0.1) is 5.69 Å². The van der Waals surface area contributed by atoms with Gasteiger partial charge >= 0.3 is 5.97 Å². The fraction of sp³-hybridized carbons (Fsp3) is 0.0909. The zero-order valence-corrected chi connectivity index (χ0v) is 11.2. The van der Waals surface area contributed by atoms with E-state index in [2.05, 4.69) is 20.9 Å². The Bertz CT molecular complexity index is 568. The summed E-state index contributed by atoms with van der Waals surface area (Å²) in [6, 6.07) is 5.03. The third-order valence-corrected chi connectivity index (χ3v) is 3.74. The van der Waals surface area contributed by atoms with Gasteiger partial charge in [0.1, 0.15) is 10.6 Å². The van der Waals surface area contributed by atoms with Crippen LogP contribution in [0.15, 0.2) is 28.1 Å². The number of rotatable bonds is 3. The highest BCUT2D eigenvalue weighted by Crippen LogP contribution is 2.27. The molecule has 2 aromatic rings. The van der Waals surface area contributed by atoms with Gasteiger partial charge in [-0.15, -0.1) is 11.3 Å².